The average Bonchev–Trinajstić information content (AvgIpc) is 3.57. The molecule has 0 saturated carbocycles. The highest BCUT2D eigenvalue weighted by Gasteiger charge is 2.33. The van der Waals surface area contributed by atoms with Gasteiger partial charge in [-0.15, -0.1) is 5.06 Å². The summed E-state index contributed by atoms with van der Waals surface area (Å²) in [5.41, 5.74) is 2.56. The van der Waals surface area contributed by atoms with Crippen molar-refractivity contribution in [2.45, 2.75) is 19.4 Å². The Morgan fingerprint density at radius 1 is 1.03 bits per heavy atom. The van der Waals surface area contributed by atoms with Crippen LogP contribution in [-0.4, -0.2) is 34.9 Å². The molecule has 0 bridgehead atoms. The van der Waals surface area contributed by atoms with Crippen LogP contribution in [0.15, 0.2) is 77.6 Å². The minimum Gasteiger partial charge on any atom is -0.493 e. The summed E-state index contributed by atoms with van der Waals surface area (Å²) in [5.74, 6) is 0.0641. The van der Waals surface area contributed by atoms with Crippen molar-refractivity contribution in [3.8, 4) is 34.3 Å². The molecule has 1 aliphatic rings. The number of ether oxygens (including phenoxy) is 1. The van der Waals surface area contributed by atoms with Crippen molar-refractivity contribution in [3.05, 3.63) is 84.3 Å². The molecule has 2 amide bonds. The molecule has 11 nitrogen and oxygen atoms in total. The largest absolute Gasteiger partial charge is 0.493 e. The van der Waals surface area contributed by atoms with Gasteiger partial charge in [-0.2, -0.15) is 4.67 Å². The summed E-state index contributed by atoms with van der Waals surface area (Å²) < 4.78 is 17.8. The van der Waals surface area contributed by atoms with Crippen LogP contribution in [0, 0.1) is 0 Å². The summed E-state index contributed by atoms with van der Waals surface area (Å²) in [7, 11) is 3.54. The topological polar surface area (TPSA) is 121 Å². The Balaban J connectivity index is 1.26. The predicted octanol–water partition coefficient (Wildman–Crippen LogP) is 3.67. The van der Waals surface area contributed by atoms with E-state index in [4.69, 9.17) is 18.9 Å². The molecule has 4 aromatic rings. The molecule has 0 N–H and O–H groups in total. The number of hydroxylamine groups is 2. The molecule has 1 unspecified atom stereocenters. The minimum atomic E-state index is -0.767. The van der Waals surface area contributed by atoms with Crippen LogP contribution < -0.4 is 14.2 Å². The molecule has 3 heterocycles. The standard InChI is InChI=1S/C27H23N3O8P/c1-34-21-6-5-19(14-22(21)37-38-39)23-15-28-26(35-23)18-9-11-29(12-10-18)16-17-3-2-4-20(13-17)27(33)36-30-24(31)7-8-25(30)32/h2-6,9-15H,7-8,16,39H2,1H3/q+1. The van der Waals surface area contributed by atoms with Gasteiger partial charge >= 0.3 is 5.97 Å². The molecular weight excluding hydrogens is 525 g/mol. The van der Waals surface area contributed by atoms with Gasteiger partial charge in [-0.3, -0.25) is 9.59 Å². The lowest BCUT2D eigenvalue weighted by Crippen LogP contribution is -2.33. The molecule has 1 aliphatic heterocycles. The zero-order chi connectivity index (χ0) is 27.4. The third kappa shape index (κ3) is 5.79. The second-order valence-electron chi connectivity index (χ2n) is 8.49. The fraction of sp³-hybridized carbons (Fsp3) is 0.148. The summed E-state index contributed by atoms with van der Waals surface area (Å²) in [6.45, 7) is 0.465. The number of carbonyl (C=O) groups is 3. The SMILES string of the molecule is COc1ccc(-c2cnc(-c3cc[n+](Cc4cccc(C(=O)ON5C(=O)CCC5=O)c4)cc3)o2)cc1OOP. The number of nitrogens with zero attached hydrogens (tertiary/aromatic N) is 3. The zero-order valence-corrected chi connectivity index (χ0v) is 21.9. The minimum absolute atomic E-state index is 0.0404. The van der Waals surface area contributed by atoms with Gasteiger partial charge < -0.3 is 18.9 Å². The van der Waals surface area contributed by atoms with Crippen molar-refractivity contribution >= 4 is 27.3 Å². The lowest BCUT2D eigenvalue weighted by atomic mass is 10.1. The number of hydrogen-bond donors (Lipinski definition) is 0. The van der Waals surface area contributed by atoms with Crippen LogP contribution in [0.5, 0.6) is 11.5 Å². The first-order chi connectivity index (χ1) is 18.9. The maximum absolute atomic E-state index is 12.5. The van der Waals surface area contributed by atoms with Crippen molar-refractivity contribution in [2.75, 3.05) is 7.11 Å². The molecule has 1 fully saturated rings. The van der Waals surface area contributed by atoms with Crippen molar-refractivity contribution in [2.24, 2.45) is 0 Å². The molecule has 39 heavy (non-hydrogen) atoms. The van der Waals surface area contributed by atoms with Gasteiger partial charge in [0.15, 0.2) is 30.4 Å². The number of benzene rings is 2. The Morgan fingerprint density at radius 3 is 2.51 bits per heavy atom. The smallest absolute Gasteiger partial charge is 0.363 e. The van der Waals surface area contributed by atoms with Crippen molar-refractivity contribution in [1.29, 1.82) is 0 Å². The van der Waals surface area contributed by atoms with E-state index in [1.165, 1.54) is 7.11 Å². The number of rotatable bonds is 9. The van der Waals surface area contributed by atoms with Crippen LogP contribution in [0.2, 0.25) is 0 Å². The molecule has 0 spiro atoms. The van der Waals surface area contributed by atoms with Crippen LogP contribution in [0.1, 0.15) is 28.8 Å². The van der Waals surface area contributed by atoms with E-state index in [-0.39, 0.29) is 18.4 Å². The summed E-state index contributed by atoms with van der Waals surface area (Å²) in [4.78, 5) is 50.4. The summed E-state index contributed by atoms with van der Waals surface area (Å²) >= 11 is 0. The molecule has 1 atom stereocenters. The van der Waals surface area contributed by atoms with E-state index in [1.807, 2.05) is 50.7 Å². The maximum Gasteiger partial charge on any atom is 0.363 e. The van der Waals surface area contributed by atoms with Crippen LogP contribution in [0.3, 0.4) is 0 Å². The molecule has 198 valence electrons. The molecular formula is C27H23N3O8P+. The van der Waals surface area contributed by atoms with Gasteiger partial charge in [0.2, 0.25) is 11.6 Å². The van der Waals surface area contributed by atoms with Crippen molar-refractivity contribution in [1.82, 2.24) is 10.0 Å². The zero-order valence-electron chi connectivity index (χ0n) is 20.7. The summed E-state index contributed by atoms with van der Waals surface area (Å²) in [6.07, 6.45) is 5.43. The Morgan fingerprint density at radius 2 is 1.79 bits per heavy atom. The molecule has 1 saturated heterocycles. The van der Waals surface area contributed by atoms with Gasteiger partial charge in [0, 0.05) is 41.7 Å². The number of hydrogen-bond acceptors (Lipinski definition) is 9. The van der Waals surface area contributed by atoms with Crippen LogP contribution in [0.25, 0.3) is 22.8 Å². The molecule has 2 aromatic carbocycles. The lowest BCUT2D eigenvalue weighted by molar-refractivity contribution is -0.688. The third-order valence-corrected chi connectivity index (χ3v) is 6.03. The quantitative estimate of drug-likeness (QED) is 0.101. The van der Waals surface area contributed by atoms with E-state index in [2.05, 4.69) is 9.66 Å². The number of pyridine rings is 1. The lowest BCUT2D eigenvalue weighted by Gasteiger charge is -2.12. The first-order valence-corrected chi connectivity index (χ1v) is 12.3. The Kier molecular flexibility index (Phi) is 7.62. The maximum atomic E-state index is 12.5. The molecule has 5 rings (SSSR count). The number of aromatic nitrogens is 2. The van der Waals surface area contributed by atoms with E-state index in [0.29, 0.717) is 34.8 Å². The Labute approximate surface area is 225 Å². The van der Waals surface area contributed by atoms with E-state index in [9.17, 15) is 14.4 Å². The van der Waals surface area contributed by atoms with E-state index < -0.39 is 17.8 Å². The number of carbonyl (C=O) groups excluding carboxylic acids is 3. The monoisotopic (exact) mass is 548 g/mol. The second kappa shape index (κ2) is 11.4. The fourth-order valence-electron chi connectivity index (χ4n) is 3.99. The average molecular weight is 548 g/mol. The molecule has 0 aliphatic carbocycles. The van der Waals surface area contributed by atoms with Crippen molar-refractivity contribution < 1.29 is 42.5 Å². The first kappa shape index (κ1) is 26.0. The second-order valence-corrected chi connectivity index (χ2v) is 8.69. The molecule has 2 aromatic heterocycles. The predicted molar refractivity (Wildman–Crippen MR) is 138 cm³/mol. The Hall–Kier alpha value is -4.60. The summed E-state index contributed by atoms with van der Waals surface area (Å²) in [6, 6.07) is 15.8. The number of imide groups is 1. The number of methoxy groups -OCH3 is 1. The van der Waals surface area contributed by atoms with Crippen LogP contribution in [-0.2, 0) is 25.6 Å². The van der Waals surface area contributed by atoms with E-state index in [0.717, 1.165) is 16.7 Å². The highest BCUT2D eigenvalue weighted by Crippen LogP contribution is 2.34. The van der Waals surface area contributed by atoms with Crippen LogP contribution in [0.4, 0.5) is 0 Å². The van der Waals surface area contributed by atoms with Crippen LogP contribution >= 0.6 is 9.47 Å². The van der Waals surface area contributed by atoms with Gasteiger partial charge in [-0.25, -0.2) is 14.3 Å². The first-order valence-electron chi connectivity index (χ1n) is 11.8. The Bertz CT molecular complexity index is 1520. The molecule has 12 heteroatoms. The van der Waals surface area contributed by atoms with Gasteiger partial charge in [-0.1, -0.05) is 12.1 Å². The van der Waals surface area contributed by atoms with E-state index in [1.54, 1.807) is 36.5 Å². The van der Waals surface area contributed by atoms with Gasteiger partial charge in [0.1, 0.15) is 0 Å². The highest BCUT2D eigenvalue weighted by atomic mass is 31.0. The highest BCUT2D eigenvalue weighted by molar-refractivity contribution is 7.09. The number of amides is 2. The summed E-state index contributed by atoms with van der Waals surface area (Å²) in [5, 5.41) is 0.538. The fourth-order valence-corrected chi connectivity index (χ4v) is 4.10. The van der Waals surface area contributed by atoms with E-state index >= 15 is 0 Å². The van der Waals surface area contributed by atoms with Crippen molar-refractivity contribution in [3.63, 3.8) is 0 Å². The molecule has 0 radical (unpaired) electrons. The van der Waals surface area contributed by atoms with Gasteiger partial charge in [0.05, 0.1) is 28.3 Å². The normalized spacial score (nSPS) is 13.0. The van der Waals surface area contributed by atoms with Gasteiger partial charge in [0.25, 0.3) is 11.8 Å². The third-order valence-electron chi connectivity index (χ3n) is 5.94. The number of oxazole rings is 1. The van der Waals surface area contributed by atoms with Gasteiger partial charge in [-0.05, 0) is 30.3 Å².